The molecule has 0 spiro atoms. The molecule has 0 saturated heterocycles. The van der Waals surface area contributed by atoms with Gasteiger partial charge in [-0.15, -0.1) is 11.3 Å². The van der Waals surface area contributed by atoms with Crippen molar-refractivity contribution >= 4 is 45.0 Å². The molecule has 0 saturated carbocycles. The van der Waals surface area contributed by atoms with Crippen LogP contribution in [0.3, 0.4) is 0 Å². The lowest BCUT2D eigenvalue weighted by Gasteiger charge is -2.04. The molecule has 100 valence electrons. The zero-order chi connectivity index (χ0) is 14.0. The SMILES string of the molecule is NC(=S)NN=Cc1cccc2c(C(F)(F)F)csc12. The first-order chi connectivity index (χ1) is 8.89. The smallest absolute Gasteiger partial charge is 0.375 e. The predicted octanol–water partition coefficient (Wildman–Crippen LogP) is 3.09. The molecular weight excluding hydrogens is 295 g/mol. The Morgan fingerprint density at radius 2 is 2.16 bits per heavy atom. The molecule has 8 heteroatoms. The highest BCUT2D eigenvalue weighted by Gasteiger charge is 2.33. The molecule has 3 N–H and O–H groups in total. The summed E-state index contributed by atoms with van der Waals surface area (Å²) in [5, 5.41) is 5.00. The lowest BCUT2D eigenvalue weighted by molar-refractivity contribution is -0.136. The summed E-state index contributed by atoms with van der Waals surface area (Å²) in [4.78, 5) is 0. The Balaban J connectivity index is 2.45. The first-order valence-electron chi connectivity index (χ1n) is 5.05. The second kappa shape index (κ2) is 5.14. The van der Waals surface area contributed by atoms with E-state index in [2.05, 4.69) is 22.7 Å². The minimum Gasteiger partial charge on any atom is -0.375 e. The van der Waals surface area contributed by atoms with Crippen LogP contribution in [0.25, 0.3) is 10.1 Å². The van der Waals surface area contributed by atoms with E-state index in [1.165, 1.54) is 12.3 Å². The van der Waals surface area contributed by atoms with E-state index >= 15 is 0 Å². The number of nitrogens with zero attached hydrogens (tertiary/aromatic N) is 1. The average Bonchev–Trinajstić information content (AvgIpc) is 2.72. The van der Waals surface area contributed by atoms with Crippen molar-refractivity contribution in [2.24, 2.45) is 10.8 Å². The summed E-state index contributed by atoms with van der Waals surface area (Å²) in [6.45, 7) is 0. The summed E-state index contributed by atoms with van der Waals surface area (Å²) in [6, 6.07) is 4.66. The molecule has 0 bridgehead atoms. The van der Waals surface area contributed by atoms with Gasteiger partial charge < -0.3 is 5.73 Å². The third-order valence-electron chi connectivity index (χ3n) is 2.31. The molecule has 0 amide bonds. The van der Waals surface area contributed by atoms with E-state index < -0.39 is 11.7 Å². The van der Waals surface area contributed by atoms with Crippen molar-refractivity contribution in [1.82, 2.24) is 5.43 Å². The highest BCUT2D eigenvalue weighted by molar-refractivity contribution is 7.80. The zero-order valence-corrected chi connectivity index (χ0v) is 11.0. The van der Waals surface area contributed by atoms with Gasteiger partial charge in [0.15, 0.2) is 5.11 Å². The van der Waals surface area contributed by atoms with Crippen LogP contribution in [-0.4, -0.2) is 11.3 Å². The quantitative estimate of drug-likeness (QED) is 0.509. The number of hydrogen-bond donors (Lipinski definition) is 2. The van der Waals surface area contributed by atoms with Gasteiger partial charge in [-0.2, -0.15) is 18.3 Å². The minimum atomic E-state index is -4.36. The standard InChI is InChI=1S/C11H8F3N3S2/c12-11(13,14)8-5-19-9-6(2-1-3-7(8)9)4-16-17-10(15)18/h1-5H,(H3,15,17,18). The van der Waals surface area contributed by atoms with E-state index in [1.807, 2.05) is 0 Å². The number of nitrogens with one attached hydrogen (secondary N) is 1. The van der Waals surface area contributed by atoms with Crippen LogP contribution in [0.2, 0.25) is 0 Å². The third kappa shape index (κ3) is 3.02. The largest absolute Gasteiger partial charge is 0.417 e. The topological polar surface area (TPSA) is 50.4 Å². The van der Waals surface area contributed by atoms with Gasteiger partial charge in [0.25, 0.3) is 0 Å². The van der Waals surface area contributed by atoms with Crippen LogP contribution in [0.5, 0.6) is 0 Å². The fourth-order valence-corrected chi connectivity index (χ4v) is 2.68. The monoisotopic (exact) mass is 303 g/mol. The van der Waals surface area contributed by atoms with Crippen molar-refractivity contribution in [3.05, 3.63) is 34.7 Å². The average molecular weight is 303 g/mol. The Bertz CT molecular complexity index is 646. The maximum atomic E-state index is 12.8. The molecule has 1 aromatic carbocycles. The van der Waals surface area contributed by atoms with Crippen molar-refractivity contribution in [3.63, 3.8) is 0 Å². The molecule has 0 aliphatic heterocycles. The van der Waals surface area contributed by atoms with Crippen LogP contribution in [0.4, 0.5) is 13.2 Å². The van der Waals surface area contributed by atoms with E-state index in [9.17, 15) is 13.2 Å². The molecular formula is C11H8F3N3S2. The lowest BCUT2D eigenvalue weighted by Crippen LogP contribution is -2.23. The number of nitrogens with two attached hydrogens (primary N) is 1. The molecule has 2 rings (SSSR count). The van der Waals surface area contributed by atoms with Gasteiger partial charge in [0.05, 0.1) is 11.8 Å². The number of halogens is 3. The highest BCUT2D eigenvalue weighted by atomic mass is 32.1. The van der Waals surface area contributed by atoms with Gasteiger partial charge in [-0.25, -0.2) is 0 Å². The van der Waals surface area contributed by atoms with E-state index in [-0.39, 0.29) is 10.5 Å². The Labute approximate surface area is 115 Å². The molecule has 3 nitrogen and oxygen atoms in total. The number of thiocarbonyl (C=S) groups is 1. The van der Waals surface area contributed by atoms with Gasteiger partial charge in [-0.1, -0.05) is 18.2 Å². The van der Waals surface area contributed by atoms with Crippen molar-refractivity contribution in [1.29, 1.82) is 0 Å². The Morgan fingerprint density at radius 3 is 2.79 bits per heavy atom. The molecule has 0 unspecified atom stereocenters. The number of hydrogen-bond acceptors (Lipinski definition) is 3. The Kier molecular flexibility index (Phi) is 3.72. The van der Waals surface area contributed by atoms with Crippen molar-refractivity contribution in [2.75, 3.05) is 0 Å². The predicted molar refractivity (Wildman–Crippen MR) is 74.3 cm³/mol. The normalized spacial score (nSPS) is 12.2. The Morgan fingerprint density at radius 1 is 1.42 bits per heavy atom. The highest BCUT2D eigenvalue weighted by Crippen LogP contribution is 2.39. The summed E-state index contributed by atoms with van der Waals surface area (Å²) in [5.41, 5.74) is 7.48. The number of fused-ring (bicyclic) bond motifs is 1. The molecule has 0 radical (unpaired) electrons. The lowest BCUT2D eigenvalue weighted by atomic mass is 10.1. The molecule has 0 fully saturated rings. The molecule has 0 aliphatic carbocycles. The van der Waals surface area contributed by atoms with Crippen molar-refractivity contribution in [3.8, 4) is 0 Å². The van der Waals surface area contributed by atoms with Crippen LogP contribution < -0.4 is 11.2 Å². The zero-order valence-electron chi connectivity index (χ0n) is 9.36. The second-order valence-electron chi connectivity index (χ2n) is 3.61. The molecule has 0 aliphatic rings. The number of benzene rings is 1. The van der Waals surface area contributed by atoms with E-state index in [4.69, 9.17) is 5.73 Å². The van der Waals surface area contributed by atoms with E-state index in [0.29, 0.717) is 10.3 Å². The third-order valence-corrected chi connectivity index (χ3v) is 3.45. The fraction of sp³-hybridized carbons (Fsp3) is 0.0909. The van der Waals surface area contributed by atoms with Crippen LogP contribution in [0, 0.1) is 0 Å². The van der Waals surface area contributed by atoms with Crippen LogP contribution >= 0.6 is 23.6 Å². The summed E-state index contributed by atoms with van der Waals surface area (Å²) < 4.78 is 38.8. The van der Waals surface area contributed by atoms with E-state index in [0.717, 1.165) is 16.7 Å². The van der Waals surface area contributed by atoms with Crippen LogP contribution in [0.1, 0.15) is 11.1 Å². The maximum Gasteiger partial charge on any atom is 0.417 e. The molecule has 1 aromatic heterocycles. The van der Waals surface area contributed by atoms with E-state index in [1.54, 1.807) is 12.1 Å². The first-order valence-corrected chi connectivity index (χ1v) is 6.34. The number of rotatable bonds is 2. The number of alkyl halides is 3. The van der Waals surface area contributed by atoms with Gasteiger partial charge in [0, 0.05) is 21.0 Å². The number of hydrazone groups is 1. The van der Waals surface area contributed by atoms with Gasteiger partial charge in [0.1, 0.15) is 0 Å². The molecule has 0 atom stereocenters. The van der Waals surface area contributed by atoms with Gasteiger partial charge in [-0.05, 0) is 12.2 Å². The summed E-state index contributed by atoms with van der Waals surface area (Å²) in [6.07, 6.45) is -2.97. The first kappa shape index (κ1) is 13.8. The summed E-state index contributed by atoms with van der Waals surface area (Å²) in [7, 11) is 0. The van der Waals surface area contributed by atoms with Gasteiger partial charge in [-0.3, -0.25) is 5.43 Å². The van der Waals surface area contributed by atoms with Gasteiger partial charge >= 0.3 is 6.18 Å². The van der Waals surface area contributed by atoms with Crippen molar-refractivity contribution < 1.29 is 13.2 Å². The van der Waals surface area contributed by atoms with Crippen LogP contribution in [0.15, 0.2) is 28.7 Å². The maximum absolute atomic E-state index is 12.8. The van der Waals surface area contributed by atoms with Crippen molar-refractivity contribution in [2.45, 2.75) is 6.18 Å². The Hall–Kier alpha value is -1.67. The minimum absolute atomic E-state index is 0.00872. The summed E-state index contributed by atoms with van der Waals surface area (Å²) in [5.74, 6) is 0. The number of thiophene rings is 1. The fourth-order valence-electron chi connectivity index (χ4n) is 1.57. The molecule has 2 aromatic rings. The second-order valence-corrected chi connectivity index (χ2v) is 4.92. The summed E-state index contributed by atoms with van der Waals surface area (Å²) >= 11 is 5.59. The molecule has 19 heavy (non-hydrogen) atoms. The molecule has 1 heterocycles. The van der Waals surface area contributed by atoms with Crippen LogP contribution in [-0.2, 0) is 6.18 Å². The van der Waals surface area contributed by atoms with Gasteiger partial charge in [0.2, 0.25) is 0 Å².